The van der Waals surface area contributed by atoms with E-state index in [1.807, 2.05) is 6.92 Å². The minimum absolute atomic E-state index is 0. The molecule has 3 aromatic carbocycles. The van der Waals surface area contributed by atoms with Crippen LogP contribution in [0.5, 0.6) is 34.9 Å². The molecule has 3 unspecified atom stereocenters. The smallest absolute Gasteiger partial charge is 0.870 e. The van der Waals surface area contributed by atoms with E-state index in [4.69, 9.17) is 62.0 Å². The molecule has 77 heavy (non-hydrogen) atoms. The number of amides is 1. The molecule has 3 aromatic heterocycles. The van der Waals surface area contributed by atoms with Crippen molar-refractivity contribution in [3.63, 3.8) is 0 Å². The first kappa shape index (κ1) is 59.5. The first-order chi connectivity index (χ1) is 35.8. The predicted octanol–water partition coefficient (Wildman–Crippen LogP) is -0.0614. The molecule has 3 atom stereocenters. The molecular formula is C47H43B3LiN9O17. The summed E-state index contributed by atoms with van der Waals surface area (Å²) in [6, 6.07) is 18.8. The van der Waals surface area contributed by atoms with Gasteiger partial charge in [-0.3, -0.25) is 19.2 Å². The van der Waals surface area contributed by atoms with Crippen molar-refractivity contribution < 1.29 is 102 Å². The van der Waals surface area contributed by atoms with E-state index in [9.17, 15) is 34.3 Å². The number of aromatic nitrogens is 6. The fraction of sp³-hybridized carbons (Fsp3) is 0.234. The monoisotopic (exact) mass is 1050 g/mol. The Morgan fingerprint density at radius 3 is 1.22 bits per heavy atom. The third kappa shape index (κ3) is 14.7. The zero-order chi connectivity index (χ0) is 54.1. The molecule has 30 heteroatoms. The number of hydrogen-bond acceptors (Lipinski definition) is 21. The number of nitrogens with two attached hydrogens (primary N) is 1. The van der Waals surface area contributed by atoms with Gasteiger partial charge in [0.1, 0.15) is 17.2 Å². The Morgan fingerprint density at radius 2 is 0.935 bits per heavy atom. The number of carbonyl (C=O) groups is 4. The number of esters is 1. The van der Waals surface area contributed by atoms with Crippen LogP contribution in [0, 0.1) is 33.9 Å². The number of carboxylic acid groups (broad SMARTS) is 2. The number of fused-ring (bicyclic) bond motifs is 3. The molecule has 0 aliphatic carbocycles. The number of hydrogen-bond donors (Lipinski definition) is 6. The van der Waals surface area contributed by atoms with E-state index in [-0.39, 0.29) is 84.5 Å². The molecule has 0 bridgehead atoms. The molecule has 0 spiro atoms. The van der Waals surface area contributed by atoms with Crippen molar-refractivity contribution in [2.75, 3.05) is 6.61 Å². The molecule has 0 saturated heterocycles. The van der Waals surface area contributed by atoms with Gasteiger partial charge in [0.25, 0.3) is 29.3 Å². The first-order valence-electron chi connectivity index (χ1n) is 22.5. The van der Waals surface area contributed by atoms with Gasteiger partial charge in [-0.15, -0.1) is 10.2 Å². The van der Waals surface area contributed by atoms with Gasteiger partial charge >= 0.3 is 58.1 Å². The van der Waals surface area contributed by atoms with Crippen LogP contribution >= 0.6 is 0 Å². The van der Waals surface area contributed by atoms with Crippen LogP contribution in [0.2, 0.25) is 0 Å². The number of nitrogens with zero attached hydrogens (tertiary/aromatic N) is 8. The van der Waals surface area contributed by atoms with Gasteiger partial charge in [0.15, 0.2) is 5.69 Å². The standard InChI is InChI=1S/C17H16BN3O5.C15H14BN3O6.C15H12BN3O5.Li.H2O/c1-4-24-16(22)9-13-17-10(2)7-11(8-12(17)18(23)26-13)25-15-6-5-14(19-3)20-21-15;1-7-4-8(24-12-3-2-10(15(17)22)18-19-12)5-9-14(7)11(6-13(20)21)25-16(9)23;1-8-5-9(23-13-4-3-12(17-2)18-19-13)6-10-15(8)11(7-14(20)21)24-16(10)22;;/h5-8,13,23H,4,9H2,1-2H3;2-5,11,23H,6H2,1H3,(H2,17,22)(H,20,21);3-6,11,22H,7H2,1H3,(H,20,21);;1H2/q;;;+1;/p-1. The van der Waals surface area contributed by atoms with Gasteiger partial charge in [0, 0.05) is 16.3 Å². The summed E-state index contributed by atoms with van der Waals surface area (Å²) in [5, 5.41) is 70.5. The third-order valence-corrected chi connectivity index (χ3v) is 11.2. The fourth-order valence-corrected chi connectivity index (χ4v) is 8.24. The molecule has 6 heterocycles. The Bertz CT molecular complexity index is 3230. The van der Waals surface area contributed by atoms with E-state index >= 15 is 0 Å². The second-order valence-electron chi connectivity index (χ2n) is 16.5. The third-order valence-electron chi connectivity index (χ3n) is 11.2. The summed E-state index contributed by atoms with van der Waals surface area (Å²) in [5.74, 6) is -0.961. The van der Waals surface area contributed by atoms with Crippen molar-refractivity contribution in [1.82, 2.24) is 30.6 Å². The summed E-state index contributed by atoms with van der Waals surface area (Å²) < 4.78 is 37.9. The summed E-state index contributed by atoms with van der Waals surface area (Å²) in [7, 11) is -3.59. The Morgan fingerprint density at radius 1 is 0.584 bits per heavy atom. The van der Waals surface area contributed by atoms with Crippen LogP contribution in [-0.2, 0) is 33.1 Å². The van der Waals surface area contributed by atoms with Gasteiger partial charge < -0.3 is 79.1 Å². The van der Waals surface area contributed by atoms with Gasteiger partial charge in [-0.05, 0) is 154 Å². The largest absolute Gasteiger partial charge is 1.00 e. The average molecular weight is 1050 g/mol. The van der Waals surface area contributed by atoms with Crippen LogP contribution in [0.1, 0.15) is 88.4 Å². The number of carbonyl (C=O) groups excluding carboxylic acids is 2. The van der Waals surface area contributed by atoms with Crippen LogP contribution in [0.3, 0.4) is 0 Å². The van der Waals surface area contributed by atoms with Crippen LogP contribution in [0.15, 0.2) is 72.8 Å². The minimum Gasteiger partial charge on any atom is -0.870 e. The van der Waals surface area contributed by atoms with Gasteiger partial charge in [-0.2, -0.15) is 0 Å². The maximum absolute atomic E-state index is 11.7. The molecule has 3 aliphatic rings. The topological polar surface area (TPSA) is 376 Å². The second kappa shape index (κ2) is 26.4. The normalized spacial score (nSPS) is 15.2. The van der Waals surface area contributed by atoms with Crippen molar-refractivity contribution >= 4 is 73.2 Å². The van der Waals surface area contributed by atoms with Crippen LogP contribution in [0.4, 0.5) is 11.6 Å². The van der Waals surface area contributed by atoms with Gasteiger partial charge in [-0.25, -0.2) is 0 Å². The van der Waals surface area contributed by atoms with E-state index < -0.39 is 57.5 Å². The molecule has 0 fully saturated rings. The van der Waals surface area contributed by atoms with Gasteiger partial charge in [0.05, 0.1) is 44.2 Å². The molecule has 0 saturated carbocycles. The van der Waals surface area contributed by atoms with E-state index in [0.29, 0.717) is 51.4 Å². The molecular weight excluding hydrogens is 1000 g/mol. The number of carboxylic acids is 2. The predicted molar refractivity (Wildman–Crippen MR) is 263 cm³/mol. The maximum Gasteiger partial charge on any atom is 1.00 e. The molecule has 6 aromatic rings. The maximum atomic E-state index is 11.7. The molecule has 9 rings (SSSR count). The SMILES string of the molecule is Cc1cc(Oc2ccc(C(N)=O)nn2)cc2c1C(CC(=O)O)OB2O.[C-]#[N+]c1ccc(Oc2cc(C)c3c(c2)B(O)OC3CC(=O)O)nn1.[C-]#[N+]c1ccc(Oc2cc(C)c3c(c2)B(O)OC3CC(=O)OCC)nn1.[Li+].[OH-]. The number of primary amides is 1. The Labute approximate surface area is 451 Å². The summed E-state index contributed by atoms with van der Waals surface area (Å²) >= 11 is 0. The zero-order valence-electron chi connectivity index (χ0n) is 41.5. The van der Waals surface area contributed by atoms with Crippen LogP contribution in [-0.4, -0.2) is 113 Å². The van der Waals surface area contributed by atoms with Crippen LogP contribution in [0.25, 0.3) is 9.69 Å². The molecule has 0 radical (unpaired) electrons. The molecule has 1 amide bonds. The van der Waals surface area contributed by atoms with Crippen molar-refractivity contribution in [3.05, 3.63) is 135 Å². The van der Waals surface area contributed by atoms with Crippen molar-refractivity contribution in [1.29, 1.82) is 0 Å². The van der Waals surface area contributed by atoms with E-state index in [2.05, 4.69) is 40.3 Å². The number of aliphatic carboxylic acids is 2. The second-order valence-corrected chi connectivity index (χ2v) is 16.5. The summed E-state index contributed by atoms with van der Waals surface area (Å²) in [6.45, 7) is 21.1. The Balaban J connectivity index is 0.000000210. The van der Waals surface area contributed by atoms with Crippen molar-refractivity contribution in [2.45, 2.75) is 65.3 Å². The number of aryl methyl sites for hydroxylation is 3. The van der Waals surface area contributed by atoms with E-state index in [0.717, 1.165) is 22.3 Å². The fourth-order valence-electron chi connectivity index (χ4n) is 8.24. The van der Waals surface area contributed by atoms with Crippen LogP contribution < -0.4 is 55.2 Å². The van der Waals surface area contributed by atoms with E-state index in [1.165, 1.54) is 30.3 Å². The number of rotatable bonds is 14. The zero-order valence-corrected chi connectivity index (χ0v) is 41.5. The van der Waals surface area contributed by atoms with E-state index in [1.54, 1.807) is 63.2 Å². The van der Waals surface area contributed by atoms with Crippen molar-refractivity contribution in [2.24, 2.45) is 5.73 Å². The van der Waals surface area contributed by atoms with Crippen molar-refractivity contribution in [3.8, 4) is 34.9 Å². The Hall–Kier alpha value is -8.33. The van der Waals surface area contributed by atoms with Gasteiger partial charge in [-0.1, -0.05) is 13.1 Å². The average Bonchev–Trinajstić information content (AvgIpc) is 4.01. The molecule has 388 valence electrons. The number of benzene rings is 3. The summed E-state index contributed by atoms with van der Waals surface area (Å²) in [5.41, 5.74) is 10.9. The molecule has 3 aliphatic heterocycles. The Kier molecular flexibility index (Phi) is 20.4. The summed E-state index contributed by atoms with van der Waals surface area (Å²) in [4.78, 5) is 50.9. The minimum atomic E-state index is -1.23. The summed E-state index contributed by atoms with van der Waals surface area (Å²) in [6.07, 6.45) is -2.42. The number of ether oxygens (including phenoxy) is 4. The molecule has 26 nitrogen and oxygen atoms in total. The quantitative estimate of drug-likeness (QED) is 0.0473. The van der Waals surface area contributed by atoms with Gasteiger partial charge in [0.2, 0.25) is 5.88 Å². The molecule has 8 N–H and O–H groups in total. The first-order valence-corrected chi connectivity index (χ1v) is 22.5.